The highest BCUT2D eigenvalue weighted by Gasteiger charge is 2.43. The van der Waals surface area contributed by atoms with Crippen molar-refractivity contribution in [2.24, 2.45) is 17.6 Å². The van der Waals surface area contributed by atoms with Gasteiger partial charge in [-0.05, 0) is 12.1 Å². The standard InChI is InChI=1S/C16H18FN7O/c17-12-2-1-3-13(24-20-4-5-21-24)14(12)15(25)22-6-10-8-23(16(18)19)9-11(10)7-22/h1-5,10-11H,6-9H2,(H3,18,19). The summed E-state index contributed by atoms with van der Waals surface area (Å²) in [6.07, 6.45) is 2.96. The maximum atomic E-state index is 14.4. The molecule has 0 spiro atoms. The van der Waals surface area contributed by atoms with E-state index in [-0.39, 0.29) is 29.3 Å². The first kappa shape index (κ1) is 15.6. The highest BCUT2D eigenvalue weighted by atomic mass is 19.1. The van der Waals surface area contributed by atoms with Crippen molar-refractivity contribution in [2.45, 2.75) is 0 Å². The Kier molecular flexibility index (Phi) is 3.63. The van der Waals surface area contributed by atoms with Crippen LogP contribution in [0.5, 0.6) is 0 Å². The Morgan fingerprint density at radius 2 is 1.72 bits per heavy atom. The van der Waals surface area contributed by atoms with E-state index in [9.17, 15) is 9.18 Å². The number of nitrogens with two attached hydrogens (primary N) is 1. The van der Waals surface area contributed by atoms with Gasteiger partial charge in [-0.2, -0.15) is 15.0 Å². The van der Waals surface area contributed by atoms with Gasteiger partial charge in [-0.1, -0.05) is 6.07 Å². The summed E-state index contributed by atoms with van der Waals surface area (Å²) in [4.78, 5) is 17.7. The third kappa shape index (κ3) is 2.61. The van der Waals surface area contributed by atoms with Gasteiger partial charge in [-0.3, -0.25) is 10.2 Å². The smallest absolute Gasteiger partial charge is 0.259 e. The van der Waals surface area contributed by atoms with Gasteiger partial charge >= 0.3 is 0 Å². The highest BCUT2D eigenvalue weighted by molar-refractivity contribution is 5.98. The number of fused-ring (bicyclic) bond motifs is 1. The molecule has 2 fully saturated rings. The Morgan fingerprint density at radius 1 is 1.12 bits per heavy atom. The minimum Gasteiger partial charge on any atom is -0.370 e. The molecule has 2 aliphatic heterocycles. The molecular formula is C16H18FN7O. The van der Waals surface area contributed by atoms with Crippen LogP contribution in [0.4, 0.5) is 4.39 Å². The summed E-state index contributed by atoms with van der Waals surface area (Å²) in [5.41, 5.74) is 5.86. The largest absolute Gasteiger partial charge is 0.370 e. The van der Waals surface area contributed by atoms with Gasteiger partial charge in [0.2, 0.25) is 0 Å². The first-order valence-corrected chi connectivity index (χ1v) is 8.08. The second-order valence-corrected chi connectivity index (χ2v) is 6.47. The van der Waals surface area contributed by atoms with Gasteiger partial charge in [0.15, 0.2) is 5.96 Å². The molecule has 2 saturated heterocycles. The molecule has 1 aromatic heterocycles. The van der Waals surface area contributed by atoms with Crippen LogP contribution >= 0.6 is 0 Å². The molecule has 25 heavy (non-hydrogen) atoms. The maximum absolute atomic E-state index is 14.4. The summed E-state index contributed by atoms with van der Waals surface area (Å²) in [5.74, 6) is -0.360. The van der Waals surface area contributed by atoms with E-state index in [4.69, 9.17) is 11.1 Å². The number of likely N-dealkylation sites (tertiary alicyclic amines) is 2. The van der Waals surface area contributed by atoms with Crippen LogP contribution in [-0.2, 0) is 0 Å². The molecule has 8 nitrogen and oxygen atoms in total. The number of aromatic nitrogens is 3. The third-order valence-corrected chi connectivity index (χ3v) is 4.95. The number of nitrogens with one attached hydrogen (secondary N) is 1. The Morgan fingerprint density at radius 3 is 2.32 bits per heavy atom. The quantitative estimate of drug-likeness (QED) is 0.603. The zero-order valence-corrected chi connectivity index (χ0v) is 13.5. The van der Waals surface area contributed by atoms with E-state index < -0.39 is 5.82 Å². The van der Waals surface area contributed by atoms with Gasteiger partial charge in [0.05, 0.1) is 12.4 Å². The molecule has 2 unspecified atom stereocenters. The van der Waals surface area contributed by atoms with E-state index in [1.54, 1.807) is 11.0 Å². The SMILES string of the molecule is N=C(N)N1CC2CN(C(=O)c3c(F)cccc3-n3nccn3)CC2C1. The second-order valence-electron chi connectivity index (χ2n) is 6.47. The summed E-state index contributed by atoms with van der Waals surface area (Å²) in [5, 5.41) is 15.5. The summed E-state index contributed by atoms with van der Waals surface area (Å²) in [6.45, 7) is 2.39. The minimum atomic E-state index is -0.581. The molecule has 130 valence electrons. The lowest BCUT2D eigenvalue weighted by atomic mass is 10.0. The van der Waals surface area contributed by atoms with Gasteiger partial charge < -0.3 is 15.5 Å². The second kappa shape index (κ2) is 5.83. The van der Waals surface area contributed by atoms with Crippen LogP contribution in [-0.4, -0.2) is 62.8 Å². The average molecular weight is 343 g/mol. The van der Waals surface area contributed by atoms with Gasteiger partial charge in [0, 0.05) is 38.0 Å². The molecule has 0 radical (unpaired) electrons. The Balaban J connectivity index is 1.59. The summed E-state index contributed by atoms with van der Waals surface area (Å²) in [7, 11) is 0. The molecule has 2 atom stereocenters. The van der Waals surface area contributed by atoms with E-state index >= 15 is 0 Å². The maximum Gasteiger partial charge on any atom is 0.259 e. The van der Waals surface area contributed by atoms with Gasteiger partial charge in [0.1, 0.15) is 17.1 Å². The minimum absolute atomic E-state index is 0.0119. The van der Waals surface area contributed by atoms with Crippen molar-refractivity contribution in [1.82, 2.24) is 24.8 Å². The molecular weight excluding hydrogens is 325 g/mol. The molecule has 3 heterocycles. The first-order valence-electron chi connectivity index (χ1n) is 8.08. The molecule has 2 aromatic rings. The normalized spacial score (nSPS) is 22.3. The molecule has 0 bridgehead atoms. The van der Waals surface area contributed by atoms with E-state index in [0.29, 0.717) is 31.9 Å². The van der Waals surface area contributed by atoms with Crippen LogP contribution in [0.2, 0.25) is 0 Å². The number of amides is 1. The molecule has 3 N–H and O–H groups in total. The van der Waals surface area contributed by atoms with Crippen molar-refractivity contribution in [3.8, 4) is 5.69 Å². The van der Waals surface area contributed by atoms with Crippen LogP contribution in [0.15, 0.2) is 30.6 Å². The molecule has 1 aromatic carbocycles. The van der Waals surface area contributed by atoms with Gasteiger partial charge in [-0.25, -0.2) is 4.39 Å². The van der Waals surface area contributed by atoms with Crippen LogP contribution in [0, 0.1) is 23.1 Å². The molecule has 0 saturated carbocycles. The lowest BCUT2D eigenvalue weighted by Gasteiger charge is -2.22. The predicted molar refractivity (Wildman–Crippen MR) is 87.7 cm³/mol. The lowest BCUT2D eigenvalue weighted by molar-refractivity contribution is 0.0773. The van der Waals surface area contributed by atoms with E-state index in [1.165, 1.54) is 29.3 Å². The number of carbonyl (C=O) groups excluding carboxylic acids is 1. The number of carbonyl (C=O) groups is 1. The fraction of sp³-hybridized carbons (Fsp3) is 0.375. The number of hydrogen-bond acceptors (Lipinski definition) is 4. The zero-order valence-electron chi connectivity index (χ0n) is 13.5. The van der Waals surface area contributed by atoms with Crippen molar-refractivity contribution in [2.75, 3.05) is 26.2 Å². The van der Waals surface area contributed by atoms with E-state index in [0.717, 1.165) is 0 Å². The van der Waals surface area contributed by atoms with Crippen molar-refractivity contribution in [3.63, 3.8) is 0 Å². The monoisotopic (exact) mass is 343 g/mol. The highest BCUT2D eigenvalue weighted by Crippen LogP contribution is 2.32. The van der Waals surface area contributed by atoms with Crippen molar-refractivity contribution in [3.05, 3.63) is 42.0 Å². The topological polar surface area (TPSA) is 104 Å². The lowest BCUT2D eigenvalue weighted by Crippen LogP contribution is -2.38. The molecule has 9 heteroatoms. The first-order chi connectivity index (χ1) is 12.0. The summed E-state index contributed by atoms with van der Waals surface area (Å²) in [6, 6.07) is 4.44. The summed E-state index contributed by atoms with van der Waals surface area (Å²) >= 11 is 0. The molecule has 1 amide bonds. The van der Waals surface area contributed by atoms with Crippen molar-refractivity contribution in [1.29, 1.82) is 5.41 Å². The van der Waals surface area contributed by atoms with Crippen LogP contribution in [0.25, 0.3) is 5.69 Å². The molecule has 4 rings (SSSR count). The number of rotatable bonds is 2. The van der Waals surface area contributed by atoms with Gasteiger partial charge in [-0.15, -0.1) is 0 Å². The predicted octanol–water partition coefficient (Wildman–Crippen LogP) is 0.304. The summed E-state index contributed by atoms with van der Waals surface area (Å²) < 4.78 is 14.4. The van der Waals surface area contributed by atoms with E-state index in [1.807, 2.05) is 4.90 Å². The number of hydrogen-bond donors (Lipinski definition) is 2. The number of guanidine groups is 1. The number of nitrogens with zero attached hydrogens (tertiary/aromatic N) is 5. The Hall–Kier alpha value is -2.97. The van der Waals surface area contributed by atoms with Crippen LogP contribution < -0.4 is 5.73 Å². The zero-order chi connectivity index (χ0) is 17.6. The van der Waals surface area contributed by atoms with Crippen LogP contribution in [0.1, 0.15) is 10.4 Å². The Bertz CT molecular complexity index is 808. The molecule has 2 aliphatic rings. The van der Waals surface area contributed by atoms with Crippen LogP contribution in [0.3, 0.4) is 0 Å². The number of benzene rings is 1. The Labute approximate surface area is 143 Å². The average Bonchev–Trinajstić information content (AvgIpc) is 3.29. The van der Waals surface area contributed by atoms with Crippen molar-refractivity contribution < 1.29 is 9.18 Å². The van der Waals surface area contributed by atoms with E-state index in [2.05, 4.69) is 10.2 Å². The van der Waals surface area contributed by atoms with Gasteiger partial charge in [0.25, 0.3) is 5.91 Å². The molecule has 0 aliphatic carbocycles. The number of halogens is 1. The third-order valence-electron chi connectivity index (χ3n) is 4.95. The fourth-order valence-corrected chi connectivity index (χ4v) is 3.75. The fourth-order valence-electron chi connectivity index (χ4n) is 3.75. The van der Waals surface area contributed by atoms with Crippen molar-refractivity contribution >= 4 is 11.9 Å².